The van der Waals surface area contributed by atoms with E-state index >= 15 is 0 Å². The third kappa shape index (κ3) is 4.78. The Morgan fingerprint density at radius 1 is 0.938 bits per heavy atom. The summed E-state index contributed by atoms with van der Waals surface area (Å²) in [5.41, 5.74) is 4.12. The van der Waals surface area contributed by atoms with Gasteiger partial charge in [0.25, 0.3) is 0 Å². The average Bonchev–Trinajstić information content (AvgIpc) is 3.11. The number of rotatable bonds is 4. The Morgan fingerprint density at radius 2 is 1.59 bits per heavy atom. The number of alkyl halides is 3. The van der Waals surface area contributed by atoms with Gasteiger partial charge in [0.15, 0.2) is 0 Å². The molecule has 1 N–H and O–H groups in total. The highest BCUT2D eigenvalue weighted by Crippen LogP contribution is 2.44. The molecule has 0 atom stereocenters. The van der Waals surface area contributed by atoms with Crippen molar-refractivity contribution in [2.75, 3.05) is 13.2 Å². The Kier molecular flexibility index (Phi) is 6.18. The maximum atomic E-state index is 12.7. The molecule has 0 aromatic heterocycles. The van der Waals surface area contributed by atoms with Crippen molar-refractivity contribution >= 4 is 6.09 Å². The first-order valence-corrected chi connectivity index (χ1v) is 10.2. The van der Waals surface area contributed by atoms with Crippen LogP contribution in [0.2, 0.25) is 0 Å². The summed E-state index contributed by atoms with van der Waals surface area (Å²) >= 11 is 0. The maximum Gasteiger partial charge on any atom is 0.416 e. The number of fused-ring (bicyclic) bond motifs is 3. The summed E-state index contributed by atoms with van der Waals surface area (Å²) in [5.74, 6) is 5.44. The van der Waals surface area contributed by atoms with Gasteiger partial charge in [0.1, 0.15) is 6.61 Å². The number of ether oxygens (including phenoxy) is 1. The van der Waals surface area contributed by atoms with Crippen molar-refractivity contribution in [1.82, 2.24) is 5.32 Å². The smallest absolute Gasteiger partial charge is 0.416 e. The lowest BCUT2D eigenvalue weighted by molar-refractivity contribution is -0.137. The normalized spacial score (nSPS) is 12.3. The van der Waals surface area contributed by atoms with Crippen molar-refractivity contribution in [3.8, 4) is 23.0 Å². The molecule has 6 heteroatoms. The molecule has 162 valence electrons. The van der Waals surface area contributed by atoms with E-state index in [1.165, 1.54) is 12.1 Å². The number of carbonyl (C=O) groups excluding carboxylic acids is 1. The SMILES string of the molecule is O=C(NCCC#Cc1cccc(C(F)(F)F)c1)OCC1c2ccccc2-c2ccccc21. The van der Waals surface area contributed by atoms with E-state index < -0.39 is 17.8 Å². The Balaban J connectivity index is 1.28. The Morgan fingerprint density at radius 3 is 2.25 bits per heavy atom. The molecular formula is C26H20F3NO2. The van der Waals surface area contributed by atoms with Gasteiger partial charge in [-0.15, -0.1) is 0 Å². The summed E-state index contributed by atoms with van der Waals surface area (Å²) < 4.78 is 43.7. The van der Waals surface area contributed by atoms with E-state index in [9.17, 15) is 18.0 Å². The molecule has 0 bridgehead atoms. The van der Waals surface area contributed by atoms with Gasteiger partial charge in [0, 0.05) is 24.4 Å². The predicted octanol–water partition coefficient (Wildman–Crippen LogP) is 5.99. The topological polar surface area (TPSA) is 38.3 Å². The van der Waals surface area contributed by atoms with Crippen molar-refractivity contribution in [1.29, 1.82) is 0 Å². The molecule has 4 rings (SSSR count). The molecule has 0 fully saturated rings. The number of halogens is 3. The molecule has 1 aliphatic rings. The van der Waals surface area contributed by atoms with Gasteiger partial charge in [-0.3, -0.25) is 0 Å². The minimum atomic E-state index is -4.40. The van der Waals surface area contributed by atoms with Gasteiger partial charge in [0.2, 0.25) is 0 Å². The van der Waals surface area contributed by atoms with E-state index in [0.717, 1.165) is 34.4 Å². The number of amides is 1. The molecule has 3 aromatic rings. The molecule has 32 heavy (non-hydrogen) atoms. The van der Waals surface area contributed by atoms with Crippen LogP contribution in [-0.4, -0.2) is 19.2 Å². The van der Waals surface area contributed by atoms with Crippen molar-refractivity contribution < 1.29 is 22.7 Å². The van der Waals surface area contributed by atoms with Crippen LogP contribution in [0.3, 0.4) is 0 Å². The van der Waals surface area contributed by atoms with Crippen LogP contribution in [0.1, 0.15) is 34.6 Å². The first-order valence-electron chi connectivity index (χ1n) is 10.2. The summed E-state index contributed by atoms with van der Waals surface area (Å²) in [6.07, 6.45) is -4.66. The minimum absolute atomic E-state index is 0.0196. The summed E-state index contributed by atoms with van der Waals surface area (Å²) in [5, 5.41) is 2.63. The molecule has 3 nitrogen and oxygen atoms in total. The van der Waals surface area contributed by atoms with Crippen LogP contribution in [0.15, 0.2) is 72.8 Å². The Bertz CT molecular complexity index is 1150. The summed E-state index contributed by atoms with van der Waals surface area (Å²) in [6, 6.07) is 21.0. The number of hydrogen-bond acceptors (Lipinski definition) is 2. The molecule has 3 aromatic carbocycles. The van der Waals surface area contributed by atoms with E-state index in [1.807, 2.05) is 36.4 Å². The maximum absolute atomic E-state index is 12.7. The molecule has 0 unspecified atom stereocenters. The Hall–Kier alpha value is -3.72. The van der Waals surface area contributed by atoms with Crippen LogP contribution in [0, 0.1) is 11.8 Å². The zero-order valence-electron chi connectivity index (χ0n) is 17.1. The molecule has 0 saturated carbocycles. The van der Waals surface area contributed by atoms with Crippen molar-refractivity contribution in [2.24, 2.45) is 0 Å². The van der Waals surface area contributed by atoms with E-state index in [2.05, 4.69) is 29.3 Å². The van der Waals surface area contributed by atoms with E-state index in [-0.39, 0.29) is 24.6 Å². The third-order valence-electron chi connectivity index (χ3n) is 5.29. The van der Waals surface area contributed by atoms with Crippen molar-refractivity contribution in [2.45, 2.75) is 18.5 Å². The Labute approximate surface area is 184 Å². The lowest BCUT2D eigenvalue weighted by Crippen LogP contribution is -2.26. The zero-order chi connectivity index (χ0) is 22.6. The van der Waals surface area contributed by atoms with Gasteiger partial charge in [-0.25, -0.2) is 4.79 Å². The zero-order valence-corrected chi connectivity index (χ0v) is 17.1. The fourth-order valence-electron chi connectivity index (χ4n) is 3.81. The first kappa shape index (κ1) is 21.5. The second kappa shape index (κ2) is 9.19. The number of hydrogen-bond donors (Lipinski definition) is 1. The number of carbonyl (C=O) groups is 1. The van der Waals surface area contributed by atoms with E-state index in [0.29, 0.717) is 6.42 Å². The average molecular weight is 435 g/mol. The molecule has 1 amide bonds. The van der Waals surface area contributed by atoms with Crippen LogP contribution >= 0.6 is 0 Å². The fourth-order valence-corrected chi connectivity index (χ4v) is 3.81. The van der Waals surface area contributed by atoms with Crippen molar-refractivity contribution in [3.63, 3.8) is 0 Å². The van der Waals surface area contributed by atoms with Crippen LogP contribution in [0.25, 0.3) is 11.1 Å². The molecule has 0 spiro atoms. The van der Waals surface area contributed by atoms with E-state index in [1.54, 1.807) is 0 Å². The van der Waals surface area contributed by atoms with Gasteiger partial charge in [0.05, 0.1) is 5.56 Å². The number of benzene rings is 3. The molecule has 1 aliphatic carbocycles. The lowest BCUT2D eigenvalue weighted by Gasteiger charge is -2.14. The van der Waals surface area contributed by atoms with Gasteiger partial charge < -0.3 is 10.1 Å². The second-order valence-electron chi connectivity index (χ2n) is 7.38. The van der Waals surface area contributed by atoms with Gasteiger partial charge in [-0.1, -0.05) is 66.4 Å². The van der Waals surface area contributed by atoms with Gasteiger partial charge in [-0.05, 0) is 40.5 Å². The summed E-state index contributed by atoms with van der Waals surface area (Å²) in [6.45, 7) is 0.457. The van der Waals surface area contributed by atoms with Crippen molar-refractivity contribution in [3.05, 3.63) is 95.1 Å². The first-order chi connectivity index (χ1) is 15.4. The second-order valence-corrected chi connectivity index (χ2v) is 7.38. The molecule has 0 heterocycles. The largest absolute Gasteiger partial charge is 0.449 e. The molecule has 0 saturated heterocycles. The fraction of sp³-hybridized carbons (Fsp3) is 0.192. The lowest BCUT2D eigenvalue weighted by atomic mass is 9.98. The van der Waals surface area contributed by atoms with Crippen LogP contribution in [0.5, 0.6) is 0 Å². The third-order valence-corrected chi connectivity index (χ3v) is 5.29. The van der Waals surface area contributed by atoms with Crippen LogP contribution in [0.4, 0.5) is 18.0 Å². The van der Waals surface area contributed by atoms with Gasteiger partial charge in [-0.2, -0.15) is 13.2 Å². The highest BCUT2D eigenvalue weighted by molar-refractivity contribution is 5.79. The summed E-state index contributed by atoms with van der Waals surface area (Å²) in [4.78, 5) is 12.1. The minimum Gasteiger partial charge on any atom is -0.449 e. The highest BCUT2D eigenvalue weighted by Gasteiger charge is 2.30. The highest BCUT2D eigenvalue weighted by atomic mass is 19.4. The molecule has 0 aliphatic heterocycles. The number of alkyl carbamates (subject to hydrolysis) is 1. The van der Waals surface area contributed by atoms with Crippen LogP contribution in [-0.2, 0) is 10.9 Å². The van der Waals surface area contributed by atoms with Crippen LogP contribution < -0.4 is 5.32 Å². The molecular weight excluding hydrogens is 415 g/mol. The van der Waals surface area contributed by atoms with E-state index in [4.69, 9.17) is 4.74 Å². The monoisotopic (exact) mass is 435 g/mol. The summed E-state index contributed by atoms with van der Waals surface area (Å²) in [7, 11) is 0. The molecule has 0 radical (unpaired) electrons. The quantitative estimate of drug-likeness (QED) is 0.404. The van der Waals surface area contributed by atoms with Gasteiger partial charge >= 0.3 is 12.3 Å². The standard InChI is InChI=1S/C26H20F3NO2/c27-26(28,29)19-10-7-9-18(16-19)8-5-6-15-30-25(31)32-17-24-22-13-3-1-11-20(22)21-12-2-4-14-23(21)24/h1-4,7,9-14,16,24H,6,15,17H2,(H,30,31). The number of nitrogens with one attached hydrogen (secondary N) is 1. The predicted molar refractivity (Wildman–Crippen MR) is 116 cm³/mol.